The van der Waals surface area contributed by atoms with E-state index in [9.17, 15) is 0 Å². The maximum absolute atomic E-state index is 6.14. The molecule has 0 unspecified atom stereocenters. The number of hydrogen-bond acceptors (Lipinski definition) is 7. The summed E-state index contributed by atoms with van der Waals surface area (Å²) in [6, 6.07) is 14.5. The Morgan fingerprint density at radius 1 is 0.808 bits per heavy atom. The van der Waals surface area contributed by atoms with Crippen LogP contribution in [0, 0.1) is 0 Å². The first kappa shape index (κ1) is 17.1. The van der Waals surface area contributed by atoms with Gasteiger partial charge in [-0.15, -0.1) is 20.4 Å². The van der Waals surface area contributed by atoms with Crippen molar-refractivity contribution in [2.24, 2.45) is 0 Å². The summed E-state index contributed by atoms with van der Waals surface area (Å²) in [5.41, 5.74) is 1.49. The molecule has 0 amide bonds. The molecule has 2 aromatic carbocycles. The highest BCUT2D eigenvalue weighted by Gasteiger charge is 2.14. The van der Waals surface area contributed by atoms with Gasteiger partial charge in [-0.2, -0.15) is 0 Å². The third kappa shape index (κ3) is 3.75. The SMILES string of the molecule is Clc1ccc(-c2nnc(CSc3nnc(-c4ccccc4Cl)o3)o2)cc1. The quantitative estimate of drug-likeness (QED) is 0.412. The lowest BCUT2D eigenvalue weighted by Crippen LogP contribution is -1.80. The van der Waals surface area contributed by atoms with Crippen molar-refractivity contribution in [2.75, 3.05) is 0 Å². The molecule has 0 aliphatic heterocycles. The van der Waals surface area contributed by atoms with E-state index in [4.69, 9.17) is 32.0 Å². The molecule has 0 bridgehead atoms. The van der Waals surface area contributed by atoms with Gasteiger partial charge in [0.05, 0.1) is 16.3 Å². The second-order valence-corrected chi connectivity index (χ2v) is 6.92. The maximum atomic E-state index is 6.14. The van der Waals surface area contributed by atoms with E-state index < -0.39 is 0 Å². The van der Waals surface area contributed by atoms with Crippen molar-refractivity contribution in [3.8, 4) is 22.9 Å². The molecule has 2 aromatic heterocycles. The minimum Gasteiger partial charge on any atom is -0.420 e. The van der Waals surface area contributed by atoms with E-state index in [0.29, 0.717) is 44.3 Å². The standard InChI is InChI=1S/C17H10Cl2N4O2S/c18-11-7-5-10(6-8-11)15-21-20-14(24-15)9-26-17-23-22-16(25-17)12-3-1-2-4-13(12)19/h1-8H,9H2. The van der Waals surface area contributed by atoms with Gasteiger partial charge < -0.3 is 8.83 Å². The third-order valence-corrected chi connectivity index (χ3v) is 4.77. The second kappa shape index (κ2) is 7.49. The van der Waals surface area contributed by atoms with Gasteiger partial charge in [0.15, 0.2) is 0 Å². The van der Waals surface area contributed by atoms with Crippen LogP contribution in [0.15, 0.2) is 62.6 Å². The second-order valence-electron chi connectivity index (χ2n) is 5.15. The van der Waals surface area contributed by atoms with Gasteiger partial charge in [0.1, 0.15) is 0 Å². The number of aromatic nitrogens is 4. The molecule has 0 atom stereocenters. The van der Waals surface area contributed by atoms with Crippen molar-refractivity contribution >= 4 is 35.0 Å². The Morgan fingerprint density at radius 3 is 2.38 bits per heavy atom. The largest absolute Gasteiger partial charge is 0.420 e. The predicted molar refractivity (Wildman–Crippen MR) is 99.0 cm³/mol. The Labute approximate surface area is 162 Å². The average molecular weight is 405 g/mol. The van der Waals surface area contributed by atoms with E-state index in [0.717, 1.165) is 5.56 Å². The van der Waals surface area contributed by atoms with Crippen LogP contribution in [0.25, 0.3) is 22.9 Å². The molecule has 0 saturated carbocycles. The van der Waals surface area contributed by atoms with Gasteiger partial charge in [-0.25, -0.2) is 0 Å². The van der Waals surface area contributed by atoms with Gasteiger partial charge in [-0.3, -0.25) is 0 Å². The van der Waals surface area contributed by atoms with Gasteiger partial charge in [0, 0.05) is 10.6 Å². The van der Waals surface area contributed by atoms with Gasteiger partial charge in [0.2, 0.25) is 17.7 Å². The molecule has 4 rings (SSSR count). The first-order valence-corrected chi connectivity index (χ1v) is 9.23. The summed E-state index contributed by atoms with van der Waals surface area (Å²) in [6.07, 6.45) is 0. The lowest BCUT2D eigenvalue weighted by Gasteiger charge is -1.96. The van der Waals surface area contributed by atoms with E-state index in [2.05, 4.69) is 20.4 Å². The molecule has 0 N–H and O–H groups in total. The fourth-order valence-electron chi connectivity index (χ4n) is 2.16. The minimum absolute atomic E-state index is 0.366. The molecule has 2 heterocycles. The van der Waals surface area contributed by atoms with Crippen LogP contribution in [-0.2, 0) is 5.75 Å². The van der Waals surface area contributed by atoms with Crippen molar-refractivity contribution in [1.82, 2.24) is 20.4 Å². The van der Waals surface area contributed by atoms with Gasteiger partial charge in [-0.05, 0) is 36.4 Å². The molecule has 6 nitrogen and oxygen atoms in total. The molecule has 26 heavy (non-hydrogen) atoms. The first-order chi connectivity index (χ1) is 12.7. The van der Waals surface area contributed by atoms with Crippen molar-refractivity contribution in [3.05, 3.63) is 64.5 Å². The van der Waals surface area contributed by atoms with Gasteiger partial charge >= 0.3 is 0 Å². The van der Waals surface area contributed by atoms with Crippen LogP contribution in [0.1, 0.15) is 5.89 Å². The average Bonchev–Trinajstić information content (AvgIpc) is 3.30. The summed E-state index contributed by atoms with van der Waals surface area (Å²) in [5, 5.41) is 17.7. The van der Waals surface area contributed by atoms with Crippen molar-refractivity contribution in [2.45, 2.75) is 11.0 Å². The maximum Gasteiger partial charge on any atom is 0.277 e. The van der Waals surface area contributed by atoms with Crippen LogP contribution in [0.2, 0.25) is 10.0 Å². The Morgan fingerprint density at radius 2 is 1.58 bits per heavy atom. The van der Waals surface area contributed by atoms with E-state index in [1.54, 1.807) is 18.2 Å². The van der Waals surface area contributed by atoms with Crippen LogP contribution < -0.4 is 0 Å². The van der Waals surface area contributed by atoms with Crippen LogP contribution in [-0.4, -0.2) is 20.4 Å². The molecule has 4 aromatic rings. The highest BCUT2D eigenvalue weighted by Crippen LogP contribution is 2.30. The number of halogens is 2. The summed E-state index contributed by atoms with van der Waals surface area (Å²) in [5.74, 6) is 1.66. The molecule has 0 aliphatic rings. The topological polar surface area (TPSA) is 77.8 Å². The summed E-state index contributed by atoms with van der Waals surface area (Å²) in [4.78, 5) is 0. The van der Waals surface area contributed by atoms with Crippen molar-refractivity contribution in [1.29, 1.82) is 0 Å². The predicted octanol–water partition coefficient (Wildman–Crippen LogP) is 5.39. The monoisotopic (exact) mass is 404 g/mol. The molecule has 0 saturated heterocycles. The lowest BCUT2D eigenvalue weighted by atomic mass is 10.2. The van der Waals surface area contributed by atoms with E-state index >= 15 is 0 Å². The van der Waals surface area contributed by atoms with E-state index in [-0.39, 0.29) is 0 Å². The Bertz CT molecular complexity index is 1030. The zero-order valence-corrected chi connectivity index (χ0v) is 15.4. The minimum atomic E-state index is 0.366. The molecular formula is C17H10Cl2N4O2S. The van der Waals surface area contributed by atoms with Crippen LogP contribution in [0.4, 0.5) is 0 Å². The van der Waals surface area contributed by atoms with E-state index in [1.165, 1.54) is 11.8 Å². The molecule has 0 fully saturated rings. The van der Waals surface area contributed by atoms with Crippen LogP contribution in [0.3, 0.4) is 0 Å². The number of hydrogen-bond donors (Lipinski definition) is 0. The fraction of sp³-hybridized carbons (Fsp3) is 0.0588. The number of nitrogens with zero attached hydrogens (tertiary/aromatic N) is 4. The Hall–Kier alpha value is -2.35. The molecular weight excluding hydrogens is 395 g/mol. The molecule has 9 heteroatoms. The smallest absolute Gasteiger partial charge is 0.277 e. The molecule has 0 radical (unpaired) electrons. The Balaban J connectivity index is 1.44. The molecule has 0 aliphatic carbocycles. The van der Waals surface area contributed by atoms with Crippen LogP contribution in [0.5, 0.6) is 0 Å². The Kier molecular flexibility index (Phi) is 4.92. The summed E-state index contributed by atoms with van der Waals surface area (Å²) in [7, 11) is 0. The fourth-order valence-corrected chi connectivity index (χ4v) is 3.10. The summed E-state index contributed by atoms with van der Waals surface area (Å²) >= 11 is 13.3. The van der Waals surface area contributed by atoms with Crippen LogP contribution >= 0.6 is 35.0 Å². The van der Waals surface area contributed by atoms with Crippen molar-refractivity contribution < 1.29 is 8.83 Å². The zero-order valence-electron chi connectivity index (χ0n) is 13.1. The third-order valence-electron chi connectivity index (χ3n) is 3.39. The van der Waals surface area contributed by atoms with Crippen molar-refractivity contribution in [3.63, 3.8) is 0 Å². The zero-order chi connectivity index (χ0) is 17.9. The van der Waals surface area contributed by atoms with Gasteiger partial charge in [-0.1, -0.05) is 47.1 Å². The lowest BCUT2D eigenvalue weighted by molar-refractivity contribution is 0.464. The number of rotatable bonds is 5. The van der Waals surface area contributed by atoms with E-state index in [1.807, 2.05) is 30.3 Å². The highest BCUT2D eigenvalue weighted by atomic mass is 35.5. The first-order valence-electron chi connectivity index (χ1n) is 7.48. The normalized spacial score (nSPS) is 11.0. The van der Waals surface area contributed by atoms with Gasteiger partial charge in [0.25, 0.3) is 5.22 Å². The summed E-state index contributed by atoms with van der Waals surface area (Å²) < 4.78 is 11.3. The number of benzene rings is 2. The molecule has 0 spiro atoms. The number of thioether (sulfide) groups is 1. The highest BCUT2D eigenvalue weighted by molar-refractivity contribution is 7.98. The summed E-state index contributed by atoms with van der Waals surface area (Å²) in [6.45, 7) is 0. The molecule has 130 valence electrons.